The first-order chi connectivity index (χ1) is 11.6. The Morgan fingerprint density at radius 1 is 1.04 bits per heavy atom. The molecular formula is C19H17N3O2. The van der Waals surface area contributed by atoms with Crippen molar-refractivity contribution < 1.29 is 9.90 Å². The van der Waals surface area contributed by atoms with E-state index in [2.05, 4.69) is 15.3 Å². The third-order valence-corrected chi connectivity index (χ3v) is 3.54. The summed E-state index contributed by atoms with van der Waals surface area (Å²) < 4.78 is 0. The minimum Gasteiger partial charge on any atom is -0.382 e. The Hall–Kier alpha value is -3.05. The highest BCUT2D eigenvalue weighted by Gasteiger charge is 2.19. The van der Waals surface area contributed by atoms with Gasteiger partial charge in [-0.3, -0.25) is 4.79 Å². The fourth-order valence-corrected chi connectivity index (χ4v) is 2.40. The van der Waals surface area contributed by atoms with Crippen LogP contribution in [0.2, 0.25) is 0 Å². The quantitative estimate of drug-likeness (QED) is 0.774. The molecule has 1 aromatic heterocycles. The van der Waals surface area contributed by atoms with Gasteiger partial charge in [0, 0.05) is 12.5 Å². The number of nitrogens with zero attached hydrogens (tertiary/aromatic N) is 2. The Morgan fingerprint density at radius 2 is 1.67 bits per heavy atom. The summed E-state index contributed by atoms with van der Waals surface area (Å²) in [4.78, 5) is 20.3. The third kappa shape index (κ3) is 3.47. The van der Waals surface area contributed by atoms with Gasteiger partial charge in [0.15, 0.2) is 5.82 Å². The summed E-state index contributed by atoms with van der Waals surface area (Å²) in [5.41, 5.74) is 2.52. The summed E-state index contributed by atoms with van der Waals surface area (Å²) in [6.45, 7) is 1.39. The molecule has 3 rings (SSSR count). The number of nitrogens with one attached hydrogen (secondary N) is 1. The van der Waals surface area contributed by atoms with E-state index in [4.69, 9.17) is 0 Å². The first-order valence-electron chi connectivity index (χ1n) is 7.58. The number of aromatic nitrogens is 2. The second-order valence-electron chi connectivity index (χ2n) is 5.35. The number of anilines is 1. The number of aliphatic hydroxyl groups excluding tert-OH is 1. The number of amides is 1. The molecule has 24 heavy (non-hydrogen) atoms. The summed E-state index contributed by atoms with van der Waals surface area (Å²) in [7, 11) is 0. The van der Waals surface area contributed by atoms with Crippen LogP contribution in [-0.4, -0.2) is 21.0 Å². The summed E-state index contributed by atoms with van der Waals surface area (Å²) in [6, 6.07) is 18.7. The highest BCUT2D eigenvalue weighted by atomic mass is 16.3. The van der Waals surface area contributed by atoms with Gasteiger partial charge in [-0.15, -0.1) is 0 Å². The normalized spacial score (nSPS) is 11.8. The molecule has 0 aliphatic carbocycles. The predicted molar refractivity (Wildman–Crippen MR) is 92.3 cm³/mol. The van der Waals surface area contributed by atoms with Crippen LogP contribution in [0.1, 0.15) is 24.3 Å². The highest BCUT2D eigenvalue weighted by molar-refractivity contribution is 5.88. The molecule has 0 aliphatic rings. The van der Waals surface area contributed by atoms with Crippen LogP contribution in [0, 0.1) is 0 Å². The Bertz CT molecular complexity index is 836. The van der Waals surface area contributed by atoms with Gasteiger partial charge in [-0.2, -0.15) is 0 Å². The summed E-state index contributed by atoms with van der Waals surface area (Å²) in [5.74, 6) is -0.00296. The van der Waals surface area contributed by atoms with Crippen molar-refractivity contribution in [2.24, 2.45) is 0 Å². The van der Waals surface area contributed by atoms with Crippen molar-refractivity contribution in [3.8, 4) is 11.3 Å². The van der Waals surface area contributed by atoms with Gasteiger partial charge in [0.2, 0.25) is 5.91 Å². The van der Waals surface area contributed by atoms with E-state index < -0.39 is 6.10 Å². The fourth-order valence-electron chi connectivity index (χ4n) is 2.40. The van der Waals surface area contributed by atoms with Crippen molar-refractivity contribution in [1.29, 1.82) is 0 Å². The smallest absolute Gasteiger partial charge is 0.222 e. The molecule has 0 saturated carbocycles. The van der Waals surface area contributed by atoms with E-state index in [1.807, 2.05) is 48.5 Å². The van der Waals surface area contributed by atoms with Crippen LogP contribution in [0.5, 0.6) is 0 Å². The number of rotatable bonds is 4. The molecule has 0 radical (unpaired) electrons. The van der Waals surface area contributed by atoms with Crippen LogP contribution in [-0.2, 0) is 4.79 Å². The zero-order chi connectivity index (χ0) is 16.9. The molecule has 2 N–H and O–H groups in total. The van der Waals surface area contributed by atoms with Gasteiger partial charge in [-0.05, 0) is 5.56 Å². The lowest BCUT2D eigenvalue weighted by molar-refractivity contribution is -0.114. The molecule has 1 amide bonds. The zero-order valence-corrected chi connectivity index (χ0v) is 13.2. The van der Waals surface area contributed by atoms with E-state index in [9.17, 15) is 9.90 Å². The number of aliphatic hydroxyl groups is 1. The topological polar surface area (TPSA) is 75.1 Å². The molecule has 5 heteroatoms. The minimum absolute atomic E-state index is 0.263. The lowest BCUT2D eigenvalue weighted by Crippen LogP contribution is -2.14. The second-order valence-corrected chi connectivity index (χ2v) is 5.35. The van der Waals surface area contributed by atoms with E-state index in [0.29, 0.717) is 17.0 Å². The Morgan fingerprint density at radius 3 is 2.29 bits per heavy atom. The maximum absolute atomic E-state index is 11.4. The fraction of sp³-hybridized carbons (Fsp3) is 0.105. The standard InChI is InChI=1S/C19H17N3O2/c1-13(23)21-19-17(18(24)15-10-6-3-7-11-15)22-16(12-20-19)14-8-4-2-5-9-14/h2-12,18,24H,1H3,(H,20,21,23). The SMILES string of the molecule is CC(=O)Nc1ncc(-c2ccccc2)nc1C(O)c1ccccc1. The molecule has 120 valence electrons. The highest BCUT2D eigenvalue weighted by Crippen LogP contribution is 2.28. The van der Waals surface area contributed by atoms with E-state index >= 15 is 0 Å². The lowest BCUT2D eigenvalue weighted by Gasteiger charge is -2.15. The van der Waals surface area contributed by atoms with Crippen LogP contribution >= 0.6 is 0 Å². The van der Waals surface area contributed by atoms with Gasteiger partial charge in [-0.1, -0.05) is 60.7 Å². The van der Waals surface area contributed by atoms with Gasteiger partial charge < -0.3 is 10.4 Å². The molecule has 0 bridgehead atoms. The van der Waals surface area contributed by atoms with E-state index in [-0.39, 0.29) is 11.7 Å². The predicted octanol–water partition coefficient (Wildman–Crippen LogP) is 3.18. The largest absolute Gasteiger partial charge is 0.382 e. The number of hydrogen-bond acceptors (Lipinski definition) is 4. The summed E-state index contributed by atoms with van der Waals surface area (Å²) in [6.07, 6.45) is 0.603. The van der Waals surface area contributed by atoms with Gasteiger partial charge >= 0.3 is 0 Å². The van der Waals surface area contributed by atoms with Crippen molar-refractivity contribution in [2.45, 2.75) is 13.0 Å². The van der Waals surface area contributed by atoms with E-state index in [1.54, 1.807) is 18.3 Å². The maximum Gasteiger partial charge on any atom is 0.222 e. The Balaban J connectivity index is 2.07. The van der Waals surface area contributed by atoms with Crippen molar-refractivity contribution in [1.82, 2.24) is 9.97 Å². The van der Waals surface area contributed by atoms with E-state index in [1.165, 1.54) is 6.92 Å². The molecule has 2 aromatic carbocycles. The molecule has 5 nitrogen and oxygen atoms in total. The van der Waals surface area contributed by atoms with Crippen molar-refractivity contribution >= 4 is 11.7 Å². The average Bonchev–Trinajstić information content (AvgIpc) is 2.62. The number of hydrogen-bond donors (Lipinski definition) is 2. The number of carbonyl (C=O) groups excluding carboxylic acids is 1. The molecule has 1 heterocycles. The van der Waals surface area contributed by atoms with Crippen molar-refractivity contribution in [3.63, 3.8) is 0 Å². The Kier molecular flexibility index (Phi) is 4.63. The second kappa shape index (κ2) is 7.02. The number of benzene rings is 2. The minimum atomic E-state index is -0.982. The molecule has 3 aromatic rings. The van der Waals surface area contributed by atoms with Crippen molar-refractivity contribution in [3.05, 3.63) is 78.1 Å². The molecule has 1 unspecified atom stereocenters. The maximum atomic E-state index is 11.4. The van der Waals surface area contributed by atoms with Gasteiger partial charge in [-0.25, -0.2) is 9.97 Å². The molecule has 1 atom stereocenters. The lowest BCUT2D eigenvalue weighted by atomic mass is 10.1. The first-order valence-corrected chi connectivity index (χ1v) is 7.58. The third-order valence-electron chi connectivity index (χ3n) is 3.54. The van der Waals surface area contributed by atoms with Crippen LogP contribution in [0.4, 0.5) is 5.82 Å². The van der Waals surface area contributed by atoms with Gasteiger partial charge in [0.25, 0.3) is 0 Å². The molecule has 0 aliphatic heterocycles. The summed E-state index contributed by atoms with van der Waals surface area (Å²) >= 11 is 0. The Labute approximate surface area is 140 Å². The first kappa shape index (κ1) is 15.8. The number of carbonyl (C=O) groups is 1. The van der Waals surface area contributed by atoms with Crippen LogP contribution < -0.4 is 5.32 Å². The van der Waals surface area contributed by atoms with Crippen LogP contribution in [0.15, 0.2) is 66.9 Å². The van der Waals surface area contributed by atoms with Crippen LogP contribution in [0.25, 0.3) is 11.3 Å². The zero-order valence-electron chi connectivity index (χ0n) is 13.2. The van der Waals surface area contributed by atoms with E-state index in [0.717, 1.165) is 5.56 Å². The van der Waals surface area contributed by atoms with Crippen LogP contribution in [0.3, 0.4) is 0 Å². The monoisotopic (exact) mass is 319 g/mol. The van der Waals surface area contributed by atoms with Gasteiger partial charge in [0.05, 0.1) is 11.9 Å². The summed E-state index contributed by atoms with van der Waals surface area (Å²) in [5, 5.41) is 13.3. The average molecular weight is 319 g/mol. The molecule has 0 fully saturated rings. The molecular weight excluding hydrogens is 302 g/mol. The molecule has 0 saturated heterocycles. The van der Waals surface area contributed by atoms with Crippen molar-refractivity contribution in [2.75, 3.05) is 5.32 Å². The molecule has 0 spiro atoms. The van der Waals surface area contributed by atoms with Gasteiger partial charge in [0.1, 0.15) is 11.8 Å².